The van der Waals surface area contributed by atoms with E-state index in [-0.39, 0.29) is 12.0 Å². The lowest BCUT2D eigenvalue weighted by molar-refractivity contribution is 0.00578. The van der Waals surface area contributed by atoms with E-state index in [2.05, 4.69) is 5.32 Å². The second kappa shape index (κ2) is 8.03. The lowest BCUT2D eigenvalue weighted by Gasteiger charge is -2.32. The fraction of sp³-hybridized carbons (Fsp3) is 0.550. The third-order valence-corrected chi connectivity index (χ3v) is 4.77. The van der Waals surface area contributed by atoms with Gasteiger partial charge in [-0.1, -0.05) is 6.08 Å². The second-order valence-electron chi connectivity index (χ2n) is 8.95. The minimum absolute atomic E-state index is 0.151. The molecule has 2 rings (SSSR count). The Morgan fingerprint density at radius 3 is 2.03 bits per heavy atom. The summed E-state index contributed by atoms with van der Waals surface area (Å²) in [5.74, 6) is -3.18. The quantitative estimate of drug-likeness (QED) is 0.731. The van der Waals surface area contributed by atoms with Crippen LogP contribution in [0.3, 0.4) is 0 Å². The van der Waals surface area contributed by atoms with Gasteiger partial charge in [-0.3, -0.25) is 0 Å². The maximum atomic E-state index is 14.2. The Morgan fingerprint density at radius 2 is 1.59 bits per heavy atom. The molecule has 1 aliphatic heterocycles. The fourth-order valence-electron chi connectivity index (χ4n) is 2.56. The van der Waals surface area contributed by atoms with Crippen molar-refractivity contribution in [3.05, 3.63) is 40.6 Å². The first-order valence-electron chi connectivity index (χ1n) is 9.29. The standard InChI is InChI=1S/C20H27BF3NO4/c1-18(2,3)27-17(26)25-11-12(21-28-19(4,5)20(6,7)29-21)8-14-15(23)9-13(22)10-16(14)24/h8-10H,11H2,1-7H3,(H,25,26). The number of carbonyl (C=O) groups excluding carboxylic acids is 1. The molecule has 1 fully saturated rings. The number of amides is 1. The number of hydrogen-bond donors (Lipinski definition) is 1. The molecule has 1 aromatic carbocycles. The van der Waals surface area contributed by atoms with Crippen LogP contribution in [0.25, 0.3) is 6.08 Å². The minimum Gasteiger partial charge on any atom is -0.444 e. The molecule has 0 bridgehead atoms. The summed E-state index contributed by atoms with van der Waals surface area (Å²) < 4.78 is 58.6. The van der Waals surface area contributed by atoms with Gasteiger partial charge in [-0.25, -0.2) is 18.0 Å². The van der Waals surface area contributed by atoms with Crippen LogP contribution in [0.4, 0.5) is 18.0 Å². The fourth-order valence-corrected chi connectivity index (χ4v) is 2.56. The number of benzene rings is 1. The van der Waals surface area contributed by atoms with E-state index in [4.69, 9.17) is 14.0 Å². The number of nitrogens with one attached hydrogen (secondary N) is 1. The molecule has 1 amide bonds. The van der Waals surface area contributed by atoms with Gasteiger partial charge >= 0.3 is 13.2 Å². The SMILES string of the molecule is CC(C)(C)OC(=O)NCC(=Cc1c(F)cc(F)cc1F)B1OC(C)(C)C(C)(C)O1. The number of hydrogen-bond acceptors (Lipinski definition) is 4. The molecule has 0 unspecified atom stereocenters. The molecule has 0 aliphatic carbocycles. The average molecular weight is 413 g/mol. The second-order valence-corrected chi connectivity index (χ2v) is 8.95. The van der Waals surface area contributed by atoms with E-state index < -0.39 is 53.0 Å². The van der Waals surface area contributed by atoms with Crippen LogP contribution in [0.15, 0.2) is 17.6 Å². The minimum atomic E-state index is -1.08. The van der Waals surface area contributed by atoms with Gasteiger partial charge in [0.05, 0.1) is 11.2 Å². The zero-order valence-electron chi connectivity index (χ0n) is 17.8. The molecule has 9 heteroatoms. The van der Waals surface area contributed by atoms with E-state index in [0.717, 1.165) is 6.08 Å². The summed E-state index contributed by atoms with van der Waals surface area (Å²) in [6, 6.07) is 1.16. The van der Waals surface area contributed by atoms with Gasteiger partial charge in [0, 0.05) is 24.2 Å². The Morgan fingerprint density at radius 1 is 1.10 bits per heavy atom. The van der Waals surface area contributed by atoms with Gasteiger partial charge in [-0.05, 0) is 53.9 Å². The maximum absolute atomic E-state index is 14.2. The van der Waals surface area contributed by atoms with Crippen LogP contribution >= 0.6 is 0 Å². The number of alkyl carbamates (subject to hydrolysis) is 1. The van der Waals surface area contributed by atoms with Crippen LogP contribution in [0, 0.1) is 17.5 Å². The van der Waals surface area contributed by atoms with Crippen molar-refractivity contribution < 1.29 is 32.0 Å². The smallest absolute Gasteiger partial charge is 0.444 e. The molecule has 0 aromatic heterocycles. The van der Waals surface area contributed by atoms with Crippen LogP contribution in [-0.4, -0.2) is 36.6 Å². The van der Waals surface area contributed by atoms with Gasteiger partial charge in [0.2, 0.25) is 0 Å². The number of carbonyl (C=O) groups is 1. The molecule has 1 aliphatic rings. The molecule has 0 radical (unpaired) electrons. The Labute approximate surface area is 169 Å². The molecule has 5 nitrogen and oxygen atoms in total. The molecular formula is C20H27BF3NO4. The molecule has 1 N–H and O–H groups in total. The molecule has 1 heterocycles. The maximum Gasteiger partial charge on any atom is 0.492 e. The van der Waals surface area contributed by atoms with Crippen molar-refractivity contribution in [3.8, 4) is 0 Å². The summed E-state index contributed by atoms with van der Waals surface area (Å²) in [5, 5.41) is 2.53. The Kier molecular flexibility index (Phi) is 6.45. The summed E-state index contributed by atoms with van der Waals surface area (Å²) in [6.07, 6.45) is 0.448. The third kappa shape index (κ3) is 5.76. The Hall–Kier alpha value is -2.00. The Balaban J connectivity index is 2.36. The van der Waals surface area contributed by atoms with Crippen molar-refractivity contribution in [2.75, 3.05) is 6.54 Å². The molecule has 0 atom stereocenters. The molecule has 0 saturated carbocycles. The lowest BCUT2D eigenvalue weighted by Crippen LogP contribution is -2.41. The molecule has 1 saturated heterocycles. The number of rotatable bonds is 4. The highest BCUT2D eigenvalue weighted by Gasteiger charge is 2.52. The first-order chi connectivity index (χ1) is 13.1. The average Bonchev–Trinajstić information content (AvgIpc) is 2.71. The van der Waals surface area contributed by atoms with Gasteiger partial charge in [0.15, 0.2) is 0 Å². The van der Waals surface area contributed by atoms with Crippen LogP contribution in [0.2, 0.25) is 0 Å². The van der Waals surface area contributed by atoms with E-state index in [1.807, 2.05) is 27.7 Å². The zero-order valence-corrected chi connectivity index (χ0v) is 17.8. The van der Waals surface area contributed by atoms with Crippen molar-refractivity contribution in [3.63, 3.8) is 0 Å². The lowest BCUT2D eigenvalue weighted by atomic mass is 9.77. The van der Waals surface area contributed by atoms with E-state index in [1.165, 1.54) is 0 Å². The first-order valence-corrected chi connectivity index (χ1v) is 9.29. The first kappa shape index (κ1) is 23.3. The summed E-state index contributed by atoms with van der Waals surface area (Å²) >= 11 is 0. The topological polar surface area (TPSA) is 56.8 Å². The Bertz CT molecular complexity index is 779. The van der Waals surface area contributed by atoms with E-state index >= 15 is 0 Å². The van der Waals surface area contributed by atoms with Gasteiger partial charge < -0.3 is 19.4 Å². The monoisotopic (exact) mass is 413 g/mol. The molecule has 1 aromatic rings. The van der Waals surface area contributed by atoms with Crippen molar-refractivity contribution >= 4 is 19.3 Å². The predicted octanol–water partition coefficient (Wildman–Crippen LogP) is 4.64. The molecule has 0 spiro atoms. The van der Waals surface area contributed by atoms with E-state index in [9.17, 15) is 18.0 Å². The highest BCUT2D eigenvalue weighted by atomic mass is 19.1. The van der Waals surface area contributed by atoms with E-state index in [1.54, 1.807) is 20.8 Å². The third-order valence-electron chi connectivity index (χ3n) is 4.77. The van der Waals surface area contributed by atoms with E-state index in [0.29, 0.717) is 12.1 Å². The number of ether oxygens (including phenoxy) is 1. The largest absolute Gasteiger partial charge is 0.492 e. The van der Waals surface area contributed by atoms with Crippen LogP contribution in [0.1, 0.15) is 54.0 Å². The van der Waals surface area contributed by atoms with Crippen LogP contribution < -0.4 is 5.32 Å². The van der Waals surface area contributed by atoms with Crippen molar-refractivity contribution in [1.29, 1.82) is 0 Å². The summed E-state index contributed by atoms with van der Waals surface area (Å²) in [4.78, 5) is 12.0. The van der Waals surface area contributed by atoms with Crippen LogP contribution in [0.5, 0.6) is 0 Å². The van der Waals surface area contributed by atoms with Gasteiger partial charge in [-0.15, -0.1) is 0 Å². The summed E-state index contributed by atoms with van der Waals surface area (Å²) in [5.41, 5.74) is -2.33. The van der Waals surface area contributed by atoms with Gasteiger partial charge in [-0.2, -0.15) is 0 Å². The zero-order chi connectivity index (χ0) is 22.2. The van der Waals surface area contributed by atoms with Crippen molar-refractivity contribution in [1.82, 2.24) is 5.32 Å². The molecule has 160 valence electrons. The van der Waals surface area contributed by atoms with Crippen molar-refractivity contribution in [2.24, 2.45) is 0 Å². The van der Waals surface area contributed by atoms with Crippen molar-refractivity contribution in [2.45, 2.75) is 65.3 Å². The highest BCUT2D eigenvalue weighted by molar-refractivity contribution is 6.56. The van der Waals surface area contributed by atoms with Gasteiger partial charge in [0.1, 0.15) is 23.1 Å². The normalized spacial score (nSPS) is 18.7. The van der Waals surface area contributed by atoms with Crippen LogP contribution in [-0.2, 0) is 14.0 Å². The molecular weight excluding hydrogens is 386 g/mol. The predicted molar refractivity (Wildman–Crippen MR) is 105 cm³/mol. The summed E-state index contributed by atoms with van der Waals surface area (Å²) in [6.45, 7) is 12.3. The number of halogens is 3. The highest BCUT2D eigenvalue weighted by Crippen LogP contribution is 2.39. The molecule has 29 heavy (non-hydrogen) atoms. The van der Waals surface area contributed by atoms with Gasteiger partial charge in [0.25, 0.3) is 0 Å². The summed E-state index contributed by atoms with van der Waals surface area (Å²) in [7, 11) is -0.973.